The zero-order chi connectivity index (χ0) is 36.0. The van der Waals surface area contributed by atoms with Crippen molar-refractivity contribution in [1.82, 2.24) is 10.2 Å². The second-order valence-electron chi connectivity index (χ2n) is 12.3. The Morgan fingerprint density at radius 3 is 2.34 bits per heavy atom. The SMILES string of the molecule is C=C1/C=C(\C=C/COCc2ccccc2)c2ccc(OCc3ccccc3)c(c2)CC(N)C(=O)N[C@@H](C[C@@H](O)CN)C(=O)N(C)C(C(=O)O)C1. The highest BCUT2D eigenvalue weighted by Crippen LogP contribution is 2.29. The number of aliphatic hydroxyl groups excluding tert-OH is 1. The number of ether oxygens (including phenoxy) is 2. The summed E-state index contributed by atoms with van der Waals surface area (Å²) in [5, 5.41) is 23.1. The average Bonchev–Trinajstić information content (AvgIpc) is 3.12. The van der Waals surface area contributed by atoms with Crippen molar-refractivity contribution in [3.63, 3.8) is 0 Å². The molecule has 50 heavy (non-hydrogen) atoms. The summed E-state index contributed by atoms with van der Waals surface area (Å²) in [7, 11) is 1.34. The lowest BCUT2D eigenvalue weighted by Crippen LogP contribution is -2.56. The number of carboxylic acid groups (broad SMARTS) is 1. The van der Waals surface area contributed by atoms with Crippen molar-refractivity contribution in [1.29, 1.82) is 0 Å². The fourth-order valence-corrected chi connectivity index (χ4v) is 5.53. The number of benzene rings is 3. The molecule has 2 unspecified atom stereocenters. The first-order valence-corrected chi connectivity index (χ1v) is 16.5. The van der Waals surface area contributed by atoms with E-state index in [4.69, 9.17) is 20.9 Å². The Kier molecular flexibility index (Phi) is 14.1. The van der Waals surface area contributed by atoms with Crippen LogP contribution in [0.1, 0.15) is 35.1 Å². The minimum Gasteiger partial charge on any atom is -0.489 e. The molecular formula is C39H46N4O7. The maximum Gasteiger partial charge on any atom is 0.326 e. The van der Waals surface area contributed by atoms with Crippen molar-refractivity contribution in [3.8, 4) is 5.75 Å². The quantitative estimate of drug-likeness (QED) is 0.179. The number of amides is 2. The van der Waals surface area contributed by atoms with Crippen LogP contribution in [0.15, 0.2) is 109 Å². The average molecular weight is 683 g/mol. The Balaban J connectivity index is 1.73. The summed E-state index contributed by atoms with van der Waals surface area (Å²) in [6, 6.07) is 21.3. The molecule has 0 aromatic heterocycles. The van der Waals surface area contributed by atoms with Gasteiger partial charge in [-0.3, -0.25) is 9.59 Å². The summed E-state index contributed by atoms with van der Waals surface area (Å²) < 4.78 is 12.1. The number of hydrogen-bond donors (Lipinski definition) is 5. The van der Waals surface area contributed by atoms with Crippen LogP contribution in [0, 0.1) is 0 Å². The van der Waals surface area contributed by atoms with Crippen molar-refractivity contribution >= 4 is 23.4 Å². The number of aliphatic hydroxyl groups is 1. The molecule has 0 fully saturated rings. The van der Waals surface area contributed by atoms with Gasteiger partial charge in [-0.1, -0.05) is 97.1 Å². The largest absolute Gasteiger partial charge is 0.489 e. The van der Waals surface area contributed by atoms with Gasteiger partial charge in [-0.05, 0) is 40.0 Å². The Morgan fingerprint density at radius 2 is 1.70 bits per heavy atom. The Hall–Kier alpha value is -5.07. The molecule has 3 aromatic rings. The molecule has 2 bridgehead atoms. The molecule has 264 valence electrons. The summed E-state index contributed by atoms with van der Waals surface area (Å²) in [6.45, 7) is 4.99. The fraction of sp³-hybridized carbons (Fsp3) is 0.308. The number of rotatable bonds is 12. The van der Waals surface area contributed by atoms with E-state index in [0.717, 1.165) is 21.6 Å². The molecule has 4 rings (SSSR count). The third kappa shape index (κ3) is 11.0. The molecule has 1 heterocycles. The molecule has 0 radical (unpaired) electrons. The van der Waals surface area contributed by atoms with Crippen molar-refractivity contribution in [2.75, 3.05) is 20.2 Å². The summed E-state index contributed by atoms with van der Waals surface area (Å²) >= 11 is 0. The molecule has 3 aromatic carbocycles. The van der Waals surface area contributed by atoms with Gasteiger partial charge in [-0.15, -0.1) is 0 Å². The Morgan fingerprint density at radius 1 is 1.04 bits per heavy atom. The highest BCUT2D eigenvalue weighted by atomic mass is 16.5. The van der Waals surface area contributed by atoms with E-state index < -0.39 is 42.0 Å². The molecule has 2 amide bonds. The highest BCUT2D eigenvalue weighted by Gasteiger charge is 2.34. The van der Waals surface area contributed by atoms with Crippen LogP contribution in [0.4, 0.5) is 0 Å². The van der Waals surface area contributed by atoms with E-state index in [-0.39, 0.29) is 32.4 Å². The van der Waals surface area contributed by atoms with Crippen LogP contribution in [0.25, 0.3) is 5.57 Å². The number of fused-ring (bicyclic) bond motifs is 2. The zero-order valence-corrected chi connectivity index (χ0v) is 28.2. The second kappa shape index (κ2) is 18.6. The first-order valence-electron chi connectivity index (χ1n) is 16.5. The van der Waals surface area contributed by atoms with Gasteiger partial charge < -0.3 is 41.4 Å². The van der Waals surface area contributed by atoms with Crippen molar-refractivity contribution in [2.45, 2.75) is 56.7 Å². The molecule has 11 heteroatoms. The standard InChI is InChI=1S/C39H46N4O7/c1-26-18-29(14-9-17-49-24-27-10-5-3-6-11-27)30-15-16-36(50-25-28-12-7-4-8-13-28)31(20-30)21-33(41)37(45)42-34(22-32(44)23-40)38(46)43(2)35(19-26)39(47)48/h3-16,18,20,32-35,44H,1,17,19,21-25,40-41H2,2H3,(H,42,45)(H,47,48)/b14-9-,29-18+/t32-,33?,34+,35?/m1/s1. The van der Waals surface area contributed by atoms with Gasteiger partial charge in [0.1, 0.15) is 24.4 Å². The number of likely N-dealkylation sites (N-methyl/N-ethyl adjacent to an activating group) is 1. The van der Waals surface area contributed by atoms with Gasteiger partial charge in [0.2, 0.25) is 11.8 Å². The van der Waals surface area contributed by atoms with Gasteiger partial charge in [0.25, 0.3) is 0 Å². The molecule has 7 N–H and O–H groups in total. The number of nitrogens with zero attached hydrogens (tertiary/aromatic N) is 1. The summed E-state index contributed by atoms with van der Waals surface area (Å²) in [5.41, 5.74) is 16.6. The smallest absolute Gasteiger partial charge is 0.326 e. The second-order valence-corrected chi connectivity index (χ2v) is 12.3. The van der Waals surface area contributed by atoms with Crippen LogP contribution < -0.4 is 21.5 Å². The van der Waals surface area contributed by atoms with E-state index in [9.17, 15) is 24.6 Å². The Labute approximate surface area is 292 Å². The number of hydrogen-bond acceptors (Lipinski definition) is 8. The number of carbonyl (C=O) groups is 3. The van der Waals surface area contributed by atoms with Gasteiger partial charge in [-0.25, -0.2) is 4.79 Å². The third-order valence-corrected chi connectivity index (χ3v) is 8.34. The Bertz CT molecular complexity index is 1680. The monoisotopic (exact) mass is 682 g/mol. The lowest BCUT2D eigenvalue weighted by Gasteiger charge is -2.30. The van der Waals surface area contributed by atoms with Crippen LogP contribution in [-0.2, 0) is 38.8 Å². The summed E-state index contributed by atoms with van der Waals surface area (Å²) in [4.78, 5) is 40.7. The molecule has 0 aliphatic carbocycles. The van der Waals surface area contributed by atoms with E-state index in [1.54, 1.807) is 6.08 Å². The van der Waals surface area contributed by atoms with Crippen LogP contribution in [0.5, 0.6) is 5.75 Å². The molecule has 4 atom stereocenters. The van der Waals surface area contributed by atoms with Crippen LogP contribution in [0.2, 0.25) is 0 Å². The van der Waals surface area contributed by atoms with Gasteiger partial charge in [0.05, 0.1) is 25.4 Å². The van der Waals surface area contributed by atoms with Crippen LogP contribution in [0.3, 0.4) is 0 Å². The molecule has 11 nitrogen and oxygen atoms in total. The topological polar surface area (TPSA) is 177 Å². The van der Waals surface area contributed by atoms with Crippen LogP contribution in [-0.4, -0.2) is 77.3 Å². The first kappa shape index (κ1) is 37.7. The third-order valence-electron chi connectivity index (χ3n) is 8.34. The predicted octanol–water partition coefficient (Wildman–Crippen LogP) is 3.36. The first-order chi connectivity index (χ1) is 24.0. The molecule has 0 saturated carbocycles. The molecule has 1 aliphatic rings. The summed E-state index contributed by atoms with van der Waals surface area (Å²) in [5.74, 6) is -2.09. The zero-order valence-electron chi connectivity index (χ0n) is 28.2. The number of carbonyl (C=O) groups excluding carboxylic acids is 2. The molecular weight excluding hydrogens is 636 g/mol. The molecule has 0 saturated heterocycles. The minimum atomic E-state index is -1.32. The van der Waals surface area contributed by atoms with Crippen molar-refractivity contribution in [2.24, 2.45) is 11.5 Å². The van der Waals surface area contributed by atoms with E-state index in [0.29, 0.717) is 35.7 Å². The van der Waals surface area contributed by atoms with Crippen molar-refractivity contribution < 1.29 is 34.1 Å². The van der Waals surface area contributed by atoms with E-state index in [1.807, 2.05) is 91.0 Å². The van der Waals surface area contributed by atoms with Gasteiger partial charge in [0.15, 0.2) is 0 Å². The fourth-order valence-electron chi connectivity index (χ4n) is 5.53. The van der Waals surface area contributed by atoms with E-state index >= 15 is 0 Å². The number of aliphatic carboxylic acids is 1. The van der Waals surface area contributed by atoms with Gasteiger partial charge >= 0.3 is 5.97 Å². The van der Waals surface area contributed by atoms with Gasteiger partial charge in [-0.2, -0.15) is 0 Å². The minimum absolute atomic E-state index is 0.0515. The maximum absolute atomic E-state index is 13.7. The van der Waals surface area contributed by atoms with Gasteiger partial charge in [0, 0.05) is 32.9 Å². The van der Waals surface area contributed by atoms with E-state index in [1.165, 1.54) is 7.05 Å². The molecule has 0 spiro atoms. The highest BCUT2D eigenvalue weighted by molar-refractivity contribution is 5.92. The van der Waals surface area contributed by atoms with Crippen molar-refractivity contribution in [3.05, 3.63) is 131 Å². The van der Waals surface area contributed by atoms with Crippen LogP contribution >= 0.6 is 0 Å². The number of carboxylic acids is 1. The summed E-state index contributed by atoms with van der Waals surface area (Å²) in [6.07, 6.45) is 4.07. The number of nitrogens with two attached hydrogens (primary N) is 2. The number of nitrogens with one attached hydrogen (secondary N) is 1. The maximum atomic E-state index is 13.7. The normalized spacial score (nSPS) is 20.7. The number of allylic oxidation sites excluding steroid dienone is 3. The molecule has 1 aliphatic heterocycles. The van der Waals surface area contributed by atoms with E-state index in [2.05, 4.69) is 11.9 Å². The lowest BCUT2D eigenvalue weighted by molar-refractivity contribution is -0.150. The predicted molar refractivity (Wildman–Crippen MR) is 192 cm³/mol. The lowest BCUT2D eigenvalue weighted by atomic mass is 9.95.